The van der Waals surface area contributed by atoms with Gasteiger partial charge < -0.3 is 14.4 Å². The van der Waals surface area contributed by atoms with Gasteiger partial charge in [0, 0.05) is 12.1 Å². The summed E-state index contributed by atoms with van der Waals surface area (Å²) in [6.07, 6.45) is 1.24. The maximum absolute atomic E-state index is 13.2. The monoisotopic (exact) mass is 389 g/mol. The lowest BCUT2D eigenvalue weighted by molar-refractivity contribution is -0.135. The zero-order valence-corrected chi connectivity index (χ0v) is 16.3. The Morgan fingerprint density at radius 3 is 2.48 bits per heavy atom. The first-order chi connectivity index (χ1) is 14.0. The van der Waals surface area contributed by atoms with Crippen molar-refractivity contribution in [3.63, 3.8) is 0 Å². The predicted octanol–water partition coefficient (Wildman–Crippen LogP) is 4.03. The molecule has 29 heavy (non-hydrogen) atoms. The van der Waals surface area contributed by atoms with E-state index in [4.69, 9.17) is 4.42 Å². The first-order valence-corrected chi connectivity index (χ1v) is 9.76. The van der Waals surface area contributed by atoms with Gasteiger partial charge in [-0.1, -0.05) is 48.5 Å². The number of carbonyl (C=O) groups is 2. The highest BCUT2D eigenvalue weighted by atomic mass is 16.3. The number of benzene rings is 2. The number of para-hydroxylation sites is 1. The van der Waals surface area contributed by atoms with E-state index < -0.39 is 17.3 Å². The number of Topliss-reactive ketones (excluding diaryl/α,β-unsaturated/α-hetero) is 1. The number of hydrogen-bond donors (Lipinski definition) is 1. The van der Waals surface area contributed by atoms with Crippen LogP contribution in [0.5, 0.6) is 0 Å². The zero-order valence-electron chi connectivity index (χ0n) is 16.3. The lowest BCUT2D eigenvalue weighted by Gasteiger charge is -2.22. The number of aryl methyl sites for hydroxylation is 2. The molecular weight excluding hydrogens is 366 g/mol. The molecule has 148 valence electrons. The number of fused-ring (bicyclic) bond motifs is 1. The number of furan rings is 1. The van der Waals surface area contributed by atoms with Crippen LogP contribution in [-0.2, 0) is 16.8 Å². The Balaban J connectivity index is 1.54. The normalized spacial score (nSPS) is 18.1. The van der Waals surface area contributed by atoms with Crippen LogP contribution >= 0.6 is 0 Å². The van der Waals surface area contributed by atoms with Crippen molar-refractivity contribution in [3.8, 4) is 0 Å². The highest BCUT2D eigenvalue weighted by molar-refractivity contribution is 6.10. The summed E-state index contributed by atoms with van der Waals surface area (Å²) >= 11 is 0. The van der Waals surface area contributed by atoms with E-state index in [1.54, 1.807) is 36.1 Å². The van der Waals surface area contributed by atoms with Crippen LogP contribution in [0.2, 0.25) is 0 Å². The molecule has 0 saturated carbocycles. The van der Waals surface area contributed by atoms with Gasteiger partial charge in [0.05, 0.1) is 12.1 Å². The van der Waals surface area contributed by atoms with Crippen LogP contribution < -0.4 is 4.90 Å². The summed E-state index contributed by atoms with van der Waals surface area (Å²) in [7, 11) is 0. The largest absolute Gasteiger partial charge is 0.458 e. The Labute approximate surface area is 169 Å². The molecular formula is C24H23NO4. The van der Waals surface area contributed by atoms with Gasteiger partial charge in [0.1, 0.15) is 5.76 Å². The molecule has 3 aromatic rings. The topological polar surface area (TPSA) is 70.8 Å². The standard InChI is InChI=1S/C24H23NO4/c1-17-13-14-22(29-17)21(26)16-24(28)19-11-5-6-12-20(19)25(23(24)27)15-7-10-18-8-3-2-4-9-18/h2-6,8-9,11-14,28H,7,10,15-16H2,1H3/t24-/m1/s1. The van der Waals surface area contributed by atoms with E-state index in [-0.39, 0.29) is 12.2 Å². The molecule has 1 amide bonds. The van der Waals surface area contributed by atoms with E-state index >= 15 is 0 Å². The molecule has 0 radical (unpaired) electrons. The Morgan fingerprint density at radius 2 is 1.76 bits per heavy atom. The second kappa shape index (κ2) is 7.68. The second-order valence-electron chi connectivity index (χ2n) is 7.43. The van der Waals surface area contributed by atoms with E-state index in [1.165, 1.54) is 5.56 Å². The van der Waals surface area contributed by atoms with Gasteiger partial charge >= 0.3 is 0 Å². The lowest BCUT2D eigenvalue weighted by Crippen LogP contribution is -2.42. The molecule has 0 saturated heterocycles. The van der Waals surface area contributed by atoms with Gasteiger partial charge in [0.25, 0.3) is 5.91 Å². The van der Waals surface area contributed by atoms with Crippen molar-refractivity contribution < 1.29 is 19.1 Å². The fraction of sp³-hybridized carbons (Fsp3) is 0.250. The molecule has 1 aliphatic rings. The van der Waals surface area contributed by atoms with E-state index in [0.29, 0.717) is 23.6 Å². The summed E-state index contributed by atoms with van der Waals surface area (Å²) in [4.78, 5) is 27.4. The molecule has 5 heteroatoms. The van der Waals surface area contributed by atoms with Gasteiger partial charge in [-0.25, -0.2) is 0 Å². The van der Waals surface area contributed by atoms with Gasteiger partial charge in [-0.3, -0.25) is 9.59 Å². The van der Waals surface area contributed by atoms with Crippen LogP contribution in [0, 0.1) is 6.92 Å². The molecule has 0 unspecified atom stereocenters. The number of ketones is 1. The number of hydrogen-bond acceptors (Lipinski definition) is 4. The van der Waals surface area contributed by atoms with Crippen LogP contribution in [-0.4, -0.2) is 23.3 Å². The quantitative estimate of drug-likeness (QED) is 0.620. The molecule has 2 aromatic carbocycles. The van der Waals surface area contributed by atoms with Crippen molar-refractivity contribution in [3.05, 3.63) is 89.4 Å². The minimum Gasteiger partial charge on any atom is -0.458 e. The third-order valence-corrected chi connectivity index (χ3v) is 5.36. The van der Waals surface area contributed by atoms with Gasteiger partial charge in [0.15, 0.2) is 11.4 Å². The second-order valence-corrected chi connectivity index (χ2v) is 7.43. The minimum absolute atomic E-state index is 0.156. The maximum atomic E-state index is 13.2. The molecule has 4 rings (SSSR count). The number of carbonyl (C=O) groups excluding carboxylic acids is 2. The maximum Gasteiger partial charge on any atom is 0.264 e. The third-order valence-electron chi connectivity index (χ3n) is 5.36. The average molecular weight is 389 g/mol. The van der Waals surface area contributed by atoms with Crippen molar-refractivity contribution in [1.82, 2.24) is 0 Å². The van der Waals surface area contributed by atoms with Gasteiger partial charge in [0.2, 0.25) is 5.78 Å². The van der Waals surface area contributed by atoms with Gasteiger partial charge in [-0.2, -0.15) is 0 Å². The van der Waals surface area contributed by atoms with Crippen molar-refractivity contribution in [2.24, 2.45) is 0 Å². The number of anilines is 1. The first-order valence-electron chi connectivity index (χ1n) is 9.76. The van der Waals surface area contributed by atoms with Crippen molar-refractivity contribution >= 4 is 17.4 Å². The minimum atomic E-state index is -1.87. The van der Waals surface area contributed by atoms with Crippen LogP contribution in [0.3, 0.4) is 0 Å². The van der Waals surface area contributed by atoms with Gasteiger partial charge in [-0.15, -0.1) is 0 Å². The van der Waals surface area contributed by atoms with Crippen LogP contribution in [0.4, 0.5) is 5.69 Å². The van der Waals surface area contributed by atoms with Crippen molar-refractivity contribution in [2.45, 2.75) is 31.8 Å². The highest BCUT2D eigenvalue weighted by Crippen LogP contribution is 2.43. The predicted molar refractivity (Wildman–Crippen MR) is 110 cm³/mol. The molecule has 0 spiro atoms. The van der Waals surface area contributed by atoms with Crippen molar-refractivity contribution in [2.75, 3.05) is 11.4 Å². The third kappa shape index (κ3) is 3.61. The summed E-state index contributed by atoms with van der Waals surface area (Å²) < 4.78 is 5.38. The summed E-state index contributed by atoms with van der Waals surface area (Å²) in [5.41, 5.74) is 0.463. The average Bonchev–Trinajstić information content (AvgIpc) is 3.25. The Hall–Kier alpha value is -3.18. The van der Waals surface area contributed by atoms with Gasteiger partial charge in [-0.05, 0) is 43.5 Å². The highest BCUT2D eigenvalue weighted by Gasteiger charge is 2.50. The van der Waals surface area contributed by atoms with Crippen LogP contribution in [0.1, 0.15) is 40.3 Å². The SMILES string of the molecule is Cc1ccc(C(=O)C[C@]2(O)C(=O)N(CCCc3ccccc3)c3ccccc32)o1. The summed E-state index contributed by atoms with van der Waals surface area (Å²) in [5, 5.41) is 11.3. The molecule has 0 aliphatic carbocycles. The molecule has 1 aliphatic heterocycles. The molecule has 1 aromatic heterocycles. The zero-order chi connectivity index (χ0) is 20.4. The Kier molecular flexibility index (Phi) is 5.07. The number of aliphatic hydroxyl groups is 1. The van der Waals surface area contributed by atoms with E-state index in [0.717, 1.165) is 12.8 Å². The van der Waals surface area contributed by atoms with Crippen LogP contribution in [0.15, 0.2) is 71.1 Å². The van der Waals surface area contributed by atoms with E-state index in [2.05, 4.69) is 12.1 Å². The first kappa shape index (κ1) is 19.2. The molecule has 2 heterocycles. The summed E-state index contributed by atoms with van der Waals surface area (Å²) in [6, 6.07) is 20.5. The lowest BCUT2D eigenvalue weighted by atomic mass is 9.89. The summed E-state index contributed by atoms with van der Waals surface area (Å²) in [6.45, 7) is 2.22. The van der Waals surface area contributed by atoms with Crippen LogP contribution in [0.25, 0.3) is 0 Å². The van der Waals surface area contributed by atoms with Crippen molar-refractivity contribution in [1.29, 1.82) is 0 Å². The van der Waals surface area contributed by atoms with E-state index in [1.807, 2.05) is 30.3 Å². The molecule has 5 nitrogen and oxygen atoms in total. The Bertz CT molecular complexity index is 1040. The number of amides is 1. The summed E-state index contributed by atoms with van der Waals surface area (Å²) in [5.74, 6) is -0.0805. The molecule has 0 fully saturated rings. The molecule has 0 bridgehead atoms. The number of rotatable bonds is 7. The smallest absolute Gasteiger partial charge is 0.264 e. The van der Waals surface area contributed by atoms with E-state index in [9.17, 15) is 14.7 Å². The molecule has 1 N–H and O–H groups in total. The fourth-order valence-electron chi connectivity index (χ4n) is 3.89. The molecule has 1 atom stereocenters. The Morgan fingerprint density at radius 1 is 1.03 bits per heavy atom. The fourth-order valence-corrected chi connectivity index (χ4v) is 3.89. The number of nitrogens with zero attached hydrogens (tertiary/aromatic N) is 1.